The predicted octanol–water partition coefficient (Wildman–Crippen LogP) is 1.40. The van der Waals surface area contributed by atoms with Crippen molar-refractivity contribution in [2.24, 2.45) is 0 Å². The number of hydrogen-bond acceptors (Lipinski definition) is 4. The second kappa shape index (κ2) is 6.97. The van der Waals surface area contributed by atoms with Gasteiger partial charge >= 0.3 is 5.97 Å². The molecule has 0 saturated heterocycles. The van der Waals surface area contributed by atoms with Gasteiger partial charge in [-0.2, -0.15) is 0 Å². The van der Waals surface area contributed by atoms with Gasteiger partial charge in [-0.25, -0.2) is 0 Å². The first-order valence-corrected chi connectivity index (χ1v) is 6.60. The van der Waals surface area contributed by atoms with Crippen LogP contribution in [0.5, 0.6) is 0 Å². The zero-order chi connectivity index (χ0) is 12.8. The largest absolute Gasteiger partial charge is 0.462 e. The number of nitrogens with one attached hydrogen (secondary N) is 1. The Labute approximate surface area is 105 Å². The number of nitrogens with zero attached hydrogens (tertiary/aromatic N) is 1. The summed E-state index contributed by atoms with van der Waals surface area (Å²) in [6.07, 6.45) is 4.71. The Bertz CT molecular complexity index is 236. The highest BCUT2D eigenvalue weighted by Gasteiger charge is 2.24. The third kappa shape index (κ3) is 5.04. The van der Waals surface area contributed by atoms with E-state index in [4.69, 9.17) is 4.74 Å². The molecule has 1 aliphatic rings. The van der Waals surface area contributed by atoms with Crippen LogP contribution in [-0.4, -0.2) is 49.7 Å². The molecular formula is C13H26N2O2. The van der Waals surface area contributed by atoms with Gasteiger partial charge in [-0.15, -0.1) is 0 Å². The van der Waals surface area contributed by atoms with Gasteiger partial charge < -0.3 is 10.1 Å². The fourth-order valence-corrected chi connectivity index (χ4v) is 2.44. The van der Waals surface area contributed by atoms with E-state index in [0.717, 1.165) is 12.8 Å². The number of ether oxygens (including phenoxy) is 1. The van der Waals surface area contributed by atoms with Crippen LogP contribution >= 0.6 is 0 Å². The Morgan fingerprint density at radius 3 is 2.41 bits per heavy atom. The lowest BCUT2D eigenvalue weighted by Gasteiger charge is -2.34. The van der Waals surface area contributed by atoms with Crippen LogP contribution < -0.4 is 5.32 Å². The highest BCUT2D eigenvalue weighted by Crippen LogP contribution is 2.22. The number of rotatable bonds is 5. The first-order valence-electron chi connectivity index (χ1n) is 6.60. The van der Waals surface area contributed by atoms with Gasteiger partial charge in [0, 0.05) is 12.1 Å². The molecule has 100 valence electrons. The molecular weight excluding hydrogens is 216 g/mol. The summed E-state index contributed by atoms with van der Waals surface area (Å²) < 4.78 is 5.16. The summed E-state index contributed by atoms with van der Waals surface area (Å²) in [6, 6.07) is 1.18. The first-order chi connectivity index (χ1) is 8.02. The SMILES string of the molecule is CNC1CCC(N(C)CC(=O)OC(C)C)CC1. The summed E-state index contributed by atoms with van der Waals surface area (Å²) in [5.41, 5.74) is 0. The minimum absolute atomic E-state index is 0.0177. The molecule has 1 aliphatic carbocycles. The molecule has 1 fully saturated rings. The van der Waals surface area contributed by atoms with Crippen LogP contribution in [-0.2, 0) is 9.53 Å². The van der Waals surface area contributed by atoms with Crippen LogP contribution in [0.3, 0.4) is 0 Å². The molecule has 0 aromatic heterocycles. The van der Waals surface area contributed by atoms with Crippen molar-refractivity contribution >= 4 is 5.97 Å². The average Bonchev–Trinajstić information content (AvgIpc) is 2.28. The third-order valence-electron chi connectivity index (χ3n) is 3.47. The summed E-state index contributed by atoms with van der Waals surface area (Å²) in [4.78, 5) is 13.7. The first kappa shape index (κ1) is 14.5. The smallest absolute Gasteiger partial charge is 0.320 e. The molecule has 1 N–H and O–H groups in total. The minimum atomic E-state index is -0.113. The number of carbonyl (C=O) groups excluding carboxylic acids is 1. The van der Waals surface area contributed by atoms with Crippen molar-refractivity contribution in [3.63, 3.8) is 0 Å². The van der Waals surface area contributed by atoms with Gasteiger partial charge in [0.05, 0.1) is 12.6 Å². The molecule has 0 spiro atoms. The Morgan fingerprint density at radius 1 is 1.35 bits per heavy atom. The van der Waals surface area contributed by atoms with E-state index in [-0.39, 0.29) is 12.1 Å². The van der Waals surface area contributed by atoms with Crippen molar-refractivity contribution in [2.45, 2.75) is 57.7 Å². The maximum atomic E-state index is 11.6. The van der Waals surface area contributed by atoms with Gasteiger partial charge in [-0.3, -0.25) is 9.69 Å². The molecule has 0 aromatic carbocycles. The third-order valence-corrected chi connectivity index (χ3v) is 3.47. The van der Waals surface area contributed by atoms with E-state index >= 15 is 0 Å². The summed E-state index contributed by atoms with van der Waals surface area (Å²) in [7, 11) is 4.04. The molecule has 0 amide bonds. The molecule has 0 unspecified atom stereocenters. The number of carbonyl (C=O) groups is 1. The second-order valence-electron chi connectivity index (χ2n) is 5.25. The van der Waals surface area contributed by atoms with E-state index in [1.165, 1.54) is 12.8 Å². The Kier molecular flexibility index (Phi) is 5.92. The number of hydrogen-bond donors (Lipinski definition) is 1. The van der Waals surface area contributed by atoms with Gasteiger partial charge in [0.2, 0.25) is 0 Å². The fraction of sp³-hybridized carbons (Fsp3) is 0.923. The summed E-state index contributed by atoms with van der Waals surface area (Å²) in [5, 5.41) is 3.32. The topological polar surface area (TPSA) is 41.6 Å². The lowest BCUT2D eigenvalue weighted by Crippen LogP contribution is -2.42. The van der Waals surface area contributed by atoms with Gasteiger partial charge in [-0.1, -0.05) is 0 Å². The van der Waals surface area contributed by atoms with E-state index in [0.29, 0.717) is 18.6 Å². The average molecular weight is 242 g/mol. The minimum Gasteiger partial charge on any atom is -0.462 e. The van der Waals surface area contributed by atoms with Crippen LogP contribution in [0.2, 0.25) is 0 Å². The monoisotopic (exact) mass is 242 g/mol. The normalized spacial score (nSPS) is 25.3. The number of likely N-dealkylation sites (N-methyl/N-ethyl adjacent to an activating group) is 1. The van der Waals surface area contributed by atoms with Crippen LogP contribution in [0, 0.1) is 0 Å². The van der Waals surface area contributed by atoms with Crippen LogP contribution in [0.25, 0.3) is 0 Å². The highest BCUT2D eigenvalue weighted by atomic mass is 16.5. The van der Waals surface area contributed by atoms with Crippen molar-refractivity contribution in [3.05, 3.63) is 0 Å². The van der Waals surface area contributed by atoms with E-state index in [2.05, 4.69) is 10.2 Å². The van der Waals surface area contributed by atoms with Gasteiger partial charge in [-0.05, 0) is 53.6 Å². The standard InChI is InChI=1S/C13H26N2O2/c1-10(2)17-13(16)9-15(4)12-7-5-11(14-3)6-8-12/h10-12,14H,5-9H2,1-4H3. The molecule has 0 radical (unpaired) electrons. The Hall–Kier alpha value is -0.610. The molecule has 0 heterocycles. The van der Waals surface area contributed by atoms with E-state index < -0.39 is 0 Å². The maximum absolute atomic E-state index is 11.6. The maximum Gasteiger partial charge on any atom is 0.320 e. The lowest BCUT2D eigenvalue weighted by molar-refractivity contribution is -0.149. The highest BCUT2D eigenvalue weighted by molar-refractivity contribution is 5.71. The van der Waals surface area contributed by atoms with Crippen LogP contribution in [0.4, 0.5) is 0 Å². The molecule has 17 heavy (non-hydrogen) atoms. The van der Waals surface area contributed by atoms with Gasteiger partial charge in [0.1, 0.15) is 0 Å². The van der Waals surface area contributed by atoms with Crippen molar-refractivity contribution in [1.82, 2.24) is 10.2 Å². The summed E-state index contributed by atoms with van der Waals surface area (Å²) in [6.45, 7) is 4.18. The molecule has 4 heteroatoms. The zero-order valence-corrected chi connectivity index (χ0v) is 11.5. The van der Waals surface area contributed by atoms with Gasteiger partial charge in [0.15, 0.2) is 0 Å². The number of esters is 1. The van der Waals surface area contributed by atoms with Crippen molar-refractivity contribution in [2.75, 3.05) is 20.6 Å². The summed E-state index contributed by atoms with van der Waals surface area (Å²) >= 11 is 0. The molecule has 1 rings (SSSR count). The van der Waals surface area contributed by atoms with E-state index in [9.17, 15) is 4.79 Å². The van der Waals surface area contributed by atoms with Crippen LogP contribution in [0.1, 0.15) is 39.5 Å². The molecule has 1 saturated carbocycles. The molecule has 0 aliphatic heterocycles. The van der Waals surface area contributed by atoms with Crippen molar-refractivity contribution < 1.29 is 9.53 Å². The predicted molar refractivity (Wildman–Crippen MR) is 69.0 cm³/mol. The Morgan fingerprint density at radius 2 is 1.94 bits per heavy atom. The van der Waals surface area contributed by atoms with Crippen LogP contribution in [0.15, 0.2) is 0 Å². The summed E-state index contributed by atoms with van der Waals surface area (Å²) in [5.74, 6) is -0.113. The molecule has 0 aromatic rings. The fourth-order valence-electron chi connectivity index (χ4n) is 2.44. The van der Waals surface area contributed by atoms with E-state index in [1.807, 2.05) is 27.9 Å². The van der Waals surface area contributed by atoms with E-state index in [1.54, 1.807) is 0 Å². The molecule has 0 bridgehead atoms. The van der Waals surface area contributed by atoms with Gasteiger partial charge in [0.25, 0.3) is 0 Å². The quantitative estimate of drug-likeness (QED) is 0.740. The molecule has 4 nitrogen and oxygen atoms in total. The zero-order valence-electron chi connectivity index (χ0n) is 11.5. The Balaban J connectivity index is 2.28. The van der Waals surface area contributed by atoms with Crippen molar-refractivity contribution in [3.8, 4) is 0 Å². The van der Waals surface area contributed by atoms with Crippen molar-refractivity contribution in [1.29, 1.82) is 0 Å². The lowest BCUT2D eigenvalue weighted by atomic mass is 9.90. The molecule has 0 atom stereocenters. The second-order valence-corrected chi connectivity index (χ2v) is 5.25.